The van der Waals surface area contributed by atoms with E-state index >= 15 is 0 Å². The maximum Gasteiger partial charge on any atom is 0.257 e. The van der Waals surface area contributed by atoms with Crippen LogP contribution in [0.25, 0.3) is 0 Å². The highest BCUT2D eigenvalue weighted by Crippen LogP contribution is 2.76. The number of nitrogens with zero attached hydrogens (tertiary/aromatic N) is 1. The number of amides is 2. The van der Waals surface area contributed by atoms with E-state index in [1.54, 1.807) is 7.05 Å². The topological polar surface area (TPSA) is 37.4 Å². The largest absolute Gasteiger partial charge is 0.278 e. The first kappa shape index (κ1) is 9.16. The Hall–Kier alpha value is -1.90. The summed E-state index contributed by atoms with van der Waals surface area (Å²) in [7, 11) is 1.56. The van der Waals surface area contributed by atoms with Crippen LogP contribution >= 0.6 is 0 Å². The fourth-order valence-electron chi connectivity index (χ4n) is 3.57. The first-order valence-electron chi connectivity index (χ1n) is 5.75. The predicted molar refractivity (Wildman–Crippen MR) is 61.7 cm³/mol. The highest BCUT2D eigenvalue weighted by molar-refractivity contribution is 6.18. The van der Waals surface area contributed by atoms with Crippen molar-refractivity contribution >= 4 is 11.8 Å². The lowest BCUT2D eigenvalue weighted by atomic mass is 9.71. The Morgan fingerprint density at radius 1 is 1.06 bits per heavy atom. The SMILES string of the molecule is CN1C(=O)C2=CC=CC34C=CC=C(C1=O)C23C4. The lowest BCUT2D eigenvalue weighted by Gasteiger charge is -2.37. The fraction of sp³-hybridized carbons (Fsp3) is 0.286. The lowest BCUT2D eigenvalue weighted by molar-refractivity contribution is -0.141. The molecule has 1 saturated heterocycles. The molecule has 2 amide bonds. The van der Waals surface area contributed by atoms with Gasteiger partial charge in [0.25, 0.3) is 11.8 Å². The number of hydrogen-bond acceptors (Lipinski definition) is 2. The molecule has 3 heteroatoms. The molecular weight excluding hydrogens is 214 g/mol. The van der Waals surface area contributed by atoms with E-state index in [0.29, 0.717) is 0 Å². The Labute approximate surface area is 98.8 Å². The molecule has 0 aromatic rings. The van der Waals surface area contributed by atoms with Crippen molar-refractivity contribution in [3.05, 3.63) is 47.6 Å². The molecule has 17 heavy (non-hydrogen) atoms. The van der Waals surface area contributed by atoms with E-state index in [2.05, 4.69) is 12.2 Å². The molecule has 0 aromatic heterocycles. The second-order valence-corrected chi connectivity index (χ2v) is 5.17. The number of hydrogen-bond donors (Lipinski definition) is 0. The quantitative estimate of drug-likeness (QED) is 0.584. The summed E-state index contributed by atoms with van der Waals surface area (Å²) in [6.07, 6.45) is 12.7. The summed E-state index contributed by atoms with van der Waals surface area (Å²) in [6, 6.07) is 0. The Morgan fingerprint density at radius 3 is 2.12 bits per heavy atom. The van der Waals surface area contributed by atoms with Crippen LogP contribution in [0.15, 0.2) is 47.6 Å². The molecule has 3 aliphatic carbocycles. The Morgan fingerprint density at radius 2 is 1.59 bits per heavy atom. The van der Waals surface area contributed by atoms with Gasteiger partial charge < -0.3 is 0 Å². The Kier molecular flexibility index (Phi) is 1.27. The van der Waals surface area contributed by atoms with Crippen molar-refractivity contribution in [3.63, 3.8) is 0 Å². The molecule has 4 aliphatic rings. The van der Waals surface area contributed by atoms with E-state index < -0.39 is 0 Å². The van der Waals surface area contributed by atoms with Crippen LogP contribution in [0.4, 0.5) is 0 Å². The van der Waals surface area contributed by atoms with Crippen LogP contribution < -0.4 is 0 Å². The number of imide groups is 1. The average Bonchev–Trinajstić information content (AvgIpc) is 3.03. The second kappa shape index (κ2) is 2.35. The molecule has 0 aromatic carbocycles. The first-order valence-corrected chi connectivity index (χ1v) is 5.75. The molecule has 2 fully saturated rings. The highest BCUT2D eigenvalue weighted by atomic mass is 16.2. The minimum absolute atomic E-state index is 0.103. The highest BCUT2D eigenvalue weighted by Gasteiger charge is 2.74. The van der Waals surface area contributed by atoms with Crippen molar-refractivity contribution in [1.29, 1.82) is 0 Å². The van der Waals surface area contributed by atoms with Crippen molar-refractivity contribution < 1.29 is 9.59 Å². The van der Waals surface area contributed by atoms with Crippen molar-refractivity contribution in [2.45, 2.75) is 6.42 Å². The van der Waals surface area contributed by atoms with Gasteiger partial charge in [0.05, 0.1) is 0 Å². The number of allylic oxidation sites excluding steroid dienone is 6. The van der Waals surface area contributed by atoms with Crippen molar-refractivity contribution in [2.75, 3.05) is 7.05 Å². The average molecular weight is 225 g/mol. The summed E-state index contributed by atoms with van der Waals surface area (Å²) in [5.41, 5.74) is 1.11. The predicted octanol–water partition coefficient (Wildman–Crippen LogP) is 1.35. The fourth-order valence-corrected chi connectivity index (χ4v) is 3.57. The van der Waals surface area contributed by atoms with Crippen LogP contribution in [0.2, 0.25) is 0 Å². The third-order valence-corrected chi connectivity index (χ3v) is 4.53. The normalized spacial score (nSPS) is 40.6. The van der Waals surface area contributed by atoms with Crippen LogP contribution in [0.3, 0.4) is 0 Å². The zero-order chi connectivity index (χ0) is 11.8. The summed E-state index contributed by atoms with van der Waals surface area (Å²) in [5.74, 6) is -0.289. The summed E-state index contributed by atoms with van der Waals surface area (Å²) < 4.78 is 0. The van der Waals surface area contributed by atoms with Gasteiger partial charge >= 0.3 is 0 Å². The number of likely N-dealkylation sites (tertiary alicyclic amines) is 1. The molecule has 0 N–H and O–H groups in total. The summed E-state index contributed by atoms with van der Waals surface area (Å²) in [4.78, 5) is 25.6. The molecule has 1 spiro atoms. The Bertz CT molecular complexity index is 560. The van der Waals surface area contributed by atoms with Gasteiger partial charge in [-0.25, -0.2) is 0 Å². The lowest BCUT2D eigenvalue weighted by Crippen LogP contribution is -2.47. The van der Waals surface area contributed by atoms with Gasteiger partial charge in [0.1, 0.15) is 0 Å². The zero-order valence-corrected chi connectivity index (χ0v) is 9.43. The van der Waals surface area contributed by atoms with Gasteiger partial charge in [-0.3, -0.25) is 14.5 Å². The van der Waals surface area contributed by atoms with Gasteiger partial charge in [-0.05, 0) is 6.42 Å². The van der Waals surface area contributed by atoms with E-state index in [9.17, 15) is 9.59 Å². The van der Waals surface area contributed by atoms with Gasteiger partial charge in [0.2, 0.25) is 0 Å². The van der Waals surface area contributed by atoms with Crippen molar-refractivity contribution in [3.8, 4) is 0 Å². The Balaban J connectivity index is 2.04. The standard InChI is InChI=1S/C14H11NO2/c1-15-11(16)9-4-2-6-13-7-3-5-10(12(15)17)14(9,13)8-13/h2-7H,8H2,1H3. The molecule has 84 valence electrons. The second-order valence-electron chi connectivity index (χ2n) is 5.17. The van der Waals surface area contributed by atoms with Gasteiger partial charge in [-0.1, -0.05) is 36.5 Å². The van der Waals surface area contributed by atoms with Crippen LogP contribution in [0.1, 0.15) is 6.42 Å². The number of carbonyl (C=O) groups excluding carboxylic acids is 2. The smallest absolute Gasteiger partial charge is 0.257 e. The van der Waals surface area contributed by atoms with Gasteiger partial charge in [-0.15, -0.1) is 0 Å². The van der Waals surface area contributed by atoms with Crippen molar-refractivity contribution in [1.82, 2.24) is 4.90 Å². The molecule has 3 nitrogen and oxygen atoms in total. The minimum Gasteiger partial charge on any atom is -0.278 e. The van der Waals surface area contributed by atoms with Gasteiger partial charge in [-0.2, -0.15) is 0 Å². The molecule has 0 atom stereocenters. The molecule has 1 saturated carbocycles. The number of rotatable bonds is 0. The van der Waals surface area contributed by atoms with Crippen LogP contribution in [-0.4, -0.2) is 23.8 Å². The molecule has 1 heterocycles. The van der Waals surface area contributed by atoms with Crippen LogP contribution in [0, 0.1) is 10.8 Å². The zero-order valence-electron chi connectivity index (χ0n) is 9.43. The number of likely N-dealkylation sites (N-methyl/N-ethyl adjacent to an activating group) is 1. The van der Waals surface area contributed by atoms with E-state index in [0.717, 1.165) is 17.6 Å². The van der Waals surface area contributed by atoms with Crippen molar-refractivity contribution in [2.24, 2.45) is 10.8 Å². The maximum absolute atomic E-state index is 12.2. The molecular formula is C14H11NO2. The van der Waals surface area contributed by atoms with E-state index in [-0.39, 0.29) is 22.6 Å². The number of carbonyl (C=O) groups is 2. The van der Waals surface area contributed by atoms with E-state index in [1.807, 2.05) is 24.3 Å². The maximum atomic E-state index is 12.2. The molecule has 0 radical (unpaired) electrons. The van der Waals surface area contributed by atoms with Gasteiger partial charge in [0.15, 0.2) is 0 Å². The molecule has 0 bridgehead atoms. The summed E-state index contributed by atoms with van der Waals surface area (Å²) in [5, 5.41) is 0. The molecule has 0 unspecified atom stereocenters. The number of piperidine rings is 1. The third-order valence-electron chi connectivity index (χ3n) is 4.53. The summed E-state index contributed by atoms with van der Waals surface area (Å²) >= 11 is 0. The summed E-state index contributed by atoms with van der Waals surface area (Å²) in [6.45, 7) is 0. The van der Waals surface area contributed by atoms with E-state index in [1.165, 1.54) is 4.90 Å². The van der Waals surface area contributed by atoms with Crippen LogP contribution in [0.5, 0.6) is 0 Å². The molecule has 4 rings (SSSR count). The van der Waals surface area contributed by atoms with Crippen LogP contribution in [-0.2, 0) is 9.59 Å². The van der Waals surface area contributed by atoms with Gasteiger partial charge in [0, 0.05) is 29.0 Å². The van der Waals surface area contributed by atoms with E-state index in [4.69, 9.17) is 0 Å². The monoisotopic (exact) mass is 225 g/mol. The first-order chi connectivity index (χ1) is 8.12. The third kappa shape index (κ3) is 0.732. The molecule has 1 aliphatic heterocycles. The minimum atomic E-state index is -0.336.